The zero-order valence-corrected chi connectivity index (χ0v) is 13.5. The second kappa shape index (κ2) is 7.44. The van der Waals surface area contributed by atoms with Gasteiger partial charge in [-0.2, -0.15) is 0 Å². The van der Waals surface area contributed by atoms with Gasteiger partial charge in [-0.15, -0.1) is 0 Å². The summed E-state index contributed by atoms with van der Waals surface area (Å²) in [6.07, 6.45) is 9.33. The second-order valence-electron chi connectivity index (χ2n) is 6.35. The predicted octanol–water partition coefficient (Wildman–Crippen LogP) is 2.83. The fourth-order valence-corrected chi connectivity index (χ4v) is 3.41. The zero-order valence-electron chi connectivity index (χ0n) is 13.5. The number of anilines is 1. The number of nitrogens with one attached hydrogen (secondary N) is 1. The van der Waals surface area contributed by atoms with Crippen molar-refractivity contribution < 1.29 is 9.59 Å². The molecule has 23 heavy (non-hydrogen) atoms. The molecule has 1 N–H and O–H groups in total. The third kappa shape index (κ3) is 4.01. The van der Waals surface area contributed by atoms with Crippen LogP contribution in [0.5, 0.6) is 0 Å². The highest BCUT2D eigenvalue weighted by Gasteiger charge is 2.22. The first-order valence-corrected chi connectivity index (χ1v) is 8.55. The maximum atomic E-state index is 12.5. The summed E-state index contributed by atoms with van der Waals surface area (Å²) in [7, 11) is 0. The lowest BCUT2D eigenvalue weighted by Crippen LogP contribution is -2.37. The lowest BCUT2D eigenvalue weighted by atomic mass is 10.0. The van der Waals surface area contributed by atoms with Gasteiger partial charge in [-0.25, -0.2) is 0 Å². The fraction of sp³-hybridized carbons (Fsp3) is 0.474. The summed E-state index contributed by atoms with van der Waals surface area (Å²) in [5, 5.41) is 2.88. The normalized spacial score (nSPS) is 19.5. The van der Waals surface area contributed by atoms with Crippen LogP contribution in [0.1, 0.15) is 37.7 Å². The minimum absolute atomic E-state index is 0.0494. The molecule has 0 bridgehead atoms. The largest absolute Gasteiger partial charge is 0.356 e. The molecule has 3 rings (SSSR count). The van der Waals surface area contributed by atoms with E-state index in [1.54, 1.807) is 0 Å². The van der Waals surface area contributed by atoms with Crippen LogP contribution in [0.15, 0.2) is 36.4 Å². The van der Waals surface area contributed by atoms with Crippen molar-refractivity contribution in [3.63, 3.8) is 0 Å². The monoisotopic (exact) mass is 312 g/mol. The first-order valence-electron chi connectivity index (χ1n) is 8.55. The van der Waals surface area contributed by atoms with Gasteiger partial charge in [-0.3, -0.25) is 9.59 Å². The van der Waals surface area contributed by atoms with Crippen LogP contribution in [0.25, 0.3) is 0 Å². The van der Waals surface area contributed by atoms with E-state index in [2.05, 4.69) is 23.5 Å². The van der Waals surface area contributed by atoms with Gasteiger partial charge in [0, 0.05) is 31.6 Å². The van der Waals surface area contributed by atoms with E-state index in [1.807, 2.05) is 23.1 Å². The highest BCUT2D eigenvalue weighted by molar-refractivity contribution is 5.94. The molecule has 122 valence electrons. The van der Waals surface area contributed by atoms with E-state index in [0.29, 0.717) is 25.3 Å². The van der Waals surface area contributed by atoms with Crippen molar-refractivity contribution in [2.24, 2.45) is 5.92 Å². The Morgan fingerprint density at radius 3 is 2.96 bits per heavy atom. The smallest absolute Gasteiger partial charge is 0.228 e. The van der Waals surface area contributed by atoms with Gasteiger partial charge in [0.1, 0.15) is 0 Å². The van der Waals surface area contributed by atoms with Gasteiger partial charge < -0.3 is 10.2 Å². The second-order valence-corrected chi connectivity index (χ2v) is 6.35. The number of carbonyl (C=O) groups is 2. The minimum atomic E-state index is 0.0494. The molecule has 0 radical (unpaired) electrons. The lowest BCUT2D eigenvalue weighted by molar-refractivity contribution is -0.122. The van der Waals surface area contributed by atoms with Crippen LogP contribution in [-0.2, 0) is 16.0 Å². The van der Waals surface area contributed by atoms with Gasteiger partial charge in [0.25, 0.3) is 0 Å². The van der Waals surface area contributed by atoms with Crippen LogP contribution < -0.4 is 10.2 Å². The molecule has 1 aromatic rings. The van der Waals surface area contributed by atoms with Gasteiger partial charge in [-0.05, 0) is 43.2 Å². The molecule has 1 aliphatic heterocycles. The Kier molecular flexibility index (Phi) is 5.11. The van der Waals surface area contributed by atoms with E-state index < -0.39 is 0 Å². The molecule has 0 saturated heterocycles. The molecule has 4 nitrogen and oxygen atoms in total. The SMILES string of the molecule is O=C(CC1C=CCC1)NCCC(=O)N1CCCc2ccccc21. The molecule has 1 aromatic carbocycles. The number of nitrogens with zero attached hydrogens (tertiary/aromatic N) is 1. The van der Waals surface area contributed by atoms with Gasteiger partial charge in [0.05, 0.1) is 0 Å². The van der Waals surface area contributed by atoms with Crippen LogP contribution in [0.3, 0.4) is 0 Å². The number of amides is 2. The van der Waals surface area contributed by atoms with Crippen molar-refractivity contribution in [1.29, 1.82) is 0 Å². The Morgan fingerprint density at radius 2 is 2.13 bits per heavy atom. The standard InChI is InChI=1S/C19H24N2O2/c22-18(14-15-6-1-2-7-15)20-12-11-19(23)21-13-5-9-16-8-3-4-10-17(16)21/h1,3-4,6,8,10,15H,2,5,7,9,11-14H2,(H,20,22). The first kappa shape index (κ1) is 15.8. The summed E-state index contributed by atoms with van der Waals surface area (Å²) in [6.45, 7) is 1.20. The molecule has 1 atom stereocenters. The summed E-state index contributed by atoms with van der Waals surface area (Å²) >= 11 is 0. The minimum Gasteiger partial charge on any atom is -0.356 e. The quantitative estimate of drug-likeness (QED) is 0.850. The summed E-state index contributed by atoms with van der Waals surface area (Å²) < 4.78 is 0. The molecular formula is C19H24N2O2. The van der Waals surface area contributed by atoms with Crippen molar-refractivity contribution in [3.8, 4) is 0 Å². The van der Waals surface area contributed by atoms with E-state index >= 15 is 0 Å². The topological polar surface area (TPSA) is 49.4 Å². The Balaban J connectivity index is 1.46. The van der Waals surface area contributed by atoms with Crippen molar-refractivity contribution in [2.75, 3.05) is 18.0 Å². The average Bonchev–Trinajstić information content (AvgIpc) is 3.07. The summed E-state index contributed by atoms with van der Waals surface area (Å²) in [5.41, 5.74) is 2.27. The van der Waals surface area contributed by atoms with Crippen LogP contribution in [0.2, 0.25) is 0 Å². The third-order valence-electron chi connectivity index (χ3n) is 4.63. The number of rotatable bonds is 5. The molecule has 1 aliphatic carbocycles. The number of fused-ring (bicyclic) bond motifs is 1. The van der Waals surface area contributed by atoms with Gasteiger partial charge in [0.15, 0.2) is 0 Å². The molecule has 0 aromatic heterocycles. The number of hydrogen-bond donors (Lipinski definition) is 1. The zero-order chi connectivity index (χ0) is 16.1. The molecule has 0 spiro atoms. The van der Waals surface area contributed by atoms with Crippen molar-refractivity contribution in [3.05, 3.63) is 42.0 Å². The van der Waals surface area contributed by atoms with E-state index in [1.165, 1.54) is 5.56 Å². The number of hydrogen-bond acceptors (Lipinski definition) is 2. The molecule has 1 unspecified atom stereocenters. The number of aryl methyl sites for hydroxylation is 1. The Bertz CT molecular complexity index is 609. The maximum absolute atomic E-state index is 12.5. The number of benzene rings is 1. The average molecular weight is 312 g/mol. The lowest BCUT2D eigenvalue weighted by Gasteiger charge is -2.29. The van der Waals surface area contributed by atoms with Gasteiger partial charge in [0.2, 0.25) is 11.8 Å². The van der Waals surface area contributed by atoms with Crippen LogP contribution in [-0.4, -0.2) is 24.9 Å². The van der Waals surface area contributed by atoms with E-state index in [0.717, 1.165) is 37.9 Å². The number of allylic oxidation sites excluding steroid dienone is 2. The molecule has 0 fully saturated rings. The Morgan fingerprint density at radius 1 is 1.26 bits per heavy atom. The van der Waals surface area contributed by atoms with Crippen LogP contribution >= 0.6 is 0 Å². The van der Waals surface area contributed by atoms with Crippen molar-refractivity contribution in [2.45, 2.75) is 38.5 Å². The fourth-order valence-electron chi connectivity index (χ4n) is 3.41. The van der Waals surface area contributed by atoms with Crippen molar-refractivity contribution in [1.82, 2.24) is 5.32 Å². The van der Waals surface area contributed by atoms with E-state index in [9.17, 15) is 9.59 Å². The Hall–Kier alpha value is -2.10. The van der Waals surface area contributed by atoms with E-state index in [-0.39, 0.29) is 11.8 Å². The molecular weight excluding hydrogens is 288 g/mol. The van der Waals surface area contributed by atoms with Crippen LogP contribution in [0.4, 0.5) is 5.69 Å². The van der Waals surface area contributed by atoms with Crippen molar-refractivity contribution >= 4 is 17.5 Å². The highest BCUT2D eigenvalue weighted by atomic mass is 16.2. The van der Waals surface area contributed by atoms with E-state index in [4.69, 9.17) is 0 Å². The third-order valence-corrected chi connectivity index (χ3v) is 4.63. The first-order chi connectivity index (χ1) is 11.2. The van der Waals surface area contributed by atoms with Gasteiger partial charge >= 0.3 is 0 Å². The van der Waals surface area contributed by atoms with Crippen LogP contribution in [0, 0.1) is 5.92 Å². The molecule has 2 amide bonds. The summed E-state index contributed by atoms with van der Waals surface area (Å²) in [4.78, 5) is 26.2. The molecule has 0 saturated carbocycles. The Labute approximate surface area is 137 Å². The molecule has 4 heteroatoms. The highest BCUT2D eigenvalue weighted by Crippen LogP contribution is 2.27. The number of para-hydroxylation sites is 1. The maximum Gasteiger partial charge on any atom is 0.228 e. The number of carbonyl (C=O) groups excluding carboxylic acids is 2. The molecule has 2 aliphatic rings. The predicted molar refractivity (Wildman–Crippen MR) is 91.2 cm³/mol. The molecule has 1 heterocycles. The summed E-state index contributed by atoms with van der Waals surface area (Å²) in [5.74, 6) is 0.520. The summed E-state index contributed by atoms with van der Waals surface area (Å²) in [6, 6.07) is 8.09. The van der Waals surface area contributed by atoms with Gasteiger partial charge in [-0.1, -0.05) is 30.4 Å².